The van der Waals surface area contributed by atoms with Crippen LogP contribution in [0, 0.1) is 5.82 Å². The number of carbonyl (C=O) groups excluding carboxylic acids is 1. The summed E-state index contributed by atoms with van der Waals surface area (Å²) >= 11 is 5.70. The zero-order valence-electron chi connectivity index (χ0n) is 16.3. The van der Waals surface area contributed by atoms with Gasteiger partial charge < -0.3 is 15.2 Å². The number of hydrogen-bond donors (Lipinski definition) is 1. The second-order valence-corrected chi connectivity index (χ2v) is 7.06. The zero-order valence-corrected chi connectivity index (χ0v) is 17.1. The van der Waals surface area contributed by atoms with E-state index in [0.717, 1.165) is 22.8 Å². The molecule has 1 unspecified atom stereocenters. The summed E-state index contributed by atoms with van der Waals surface area (Å²) in [7, 11) is 0. The predicted octanol–water partition coefficient (Wildman–Crippen LogP) is 4.55. The summed E-state index contributed by atoms with van der Waals surface area (Å²) in [4.78, 5) is 19.7. The van der Waals surface area contributed by atoms with Crippen molar-refractivity contribution in [1.82, 2.24) is 9.97 Å². The lowest BCUT2D eigenvalue weighted by molar-refractivity contribution is -0.143. The van der Waals surface area contributed by atoms with Crippen molar-refractivity contribution in [3.63, 3.8) is 0 Å². The van der Waals surface area contributed by atoms with Gasteiger partial charge in [0.05, 0.1) is 18.1 Å². The Morgan fingerprint density at radius 1 is 1.17 bits per heavy atom. The van der Waals surface area contributed by atoms with Crippen LogP contribution in [0.1, 0.15) is 18.9 Å². The van der Waals surface area contributed by atoms with Gasteiger partial charge in [0.2, 0.25) is 0 Å². The van der Waals surface area contributed by atoms with Crippen LogP contribution in [0.5, 0.6) is 11.6 Å². The summed E-state index contributed by atoms with van der Waals surface area (Å²) in [6.07, 6.45) is 5.43. The SMILES string of the molecule is CCOC(=O)CC(N)Cc1cncc(-c2ccc(Oc3ncc(Cl)cc3F)cc2)c1. The Morgan fingerprint density at radius 2 is 1.93 bits per heavy atom. The molecule has 2 heterocycles. The number of hydrogen-bond acceptors (Lipinski definition) is 6. The fourth-order valence-electron chi connectivity index (χ4n) is 2.87. The number of carbonyl (C=O) groups is 1. The first-order valence-corrected chi connectivity index (χ1v) is 9.77. The monoisotopic (exact) mass is 429 g/mol. The molecule has 0 amide bonds. The Labute approximate surface area is 178 Å². The van der Waals surface area contributed by atoms with E-state index in [2.05, 4.69) is 9.97 Å². The second kappa shape index (κ2) is 10.1. The van der Waals surface area contributed by atoms with Crippen LogP contribution < -0.4 is 10.5 Å². The number of pyridine rings is 2. The van der Waals surface area contributed by atoms with Gasteiger partial charge in [0.25, 0.3) is 5.88 Å². The summed E-state index contributed by atoms with van der Waals surface area (Å²) in [5.41, 5.74) is 8.75. The highest BCUT2D eigenvalue weighted by Gasteiger charge is 2.12. The van der Waals surface area contributed by atoms with Gasteiger partial charge in [-0.3, -0.25) is 9.78 Å². The van der Waals surface area contributed by atoms with E-state index in [1.54, 1.807) is 31.5 Å². The van der Waals surface area contributed by atoms with Gasteiger partial charge in [0.15, 0.2) is 5.82 Å². The van der Waals surface area contributed by atoms with Crippen LogP contribution >= 0.6 is 11.6 Å². The van der Waals surface area contributed by atoms with Crippen LogP contribution in [0.3, 0.4) is 0 Å². The lowest BCUT2D eigenvalue weighted by Gasteiger charge is -2.12. The van der Waals surface area contributed by atoms with Crippen molar-refractivity contribution < 1.29 is 18.7 Å². The molecule has 1 atom stereocenters. The summed E-state index contributed by atoms with van der Waals surface area (Å²) in [6, 6.07) is 9.86. The molecule has 3 aromatic rings. The van der Waals surface area contributed by atoms with Crippen LogP contribution in [0.2, 0.25) is 5.02 Å². The summed E-state index contributed by atoms with van der Waals surface area (Å²) in [5, 5.41) is 0.199. The van der Waals surface area contributed by atoms with Crippen LogP contribution in [-0.2, 0) is 16.0 Å². The highest BCUT2D eigenvalue weighted by atomic mass is 35.5. The standard InChI is InChI=1S/C22H21ClFN3O3/c1-2-29-21(28)10-18(25)8-14-7-16(12-26-11-14)15-3-5-19(6-4-15)30-22-20(24)9-17(23)13-27-22/h3-7,9,11-13,18H,2,8,10,25H2,1H3. The van der Waals surface area contributed by atoms with Gasteiger partial charge in [0.1, 0.15) is 5.75 Å². The minimum atomic E-state index is -0.636. The van der Waals surface area contributed by atoms with Crippen LogP contribution in [0.4, 0.5) is 4.39 Å². The highest BCUT2D eigenvalue weighted by Crippen LogP contribution is 2.27. The zero-order chi connectivity index (χ0) is 21.5. The maximum Gasteiger partial charge on any atom is 0.307 e. The van der Waals surface area contributed by atoms with Gasteiger partial charge in [0, 0.05) is 30.2 Å². The number of nitrogens with zero attached hydrogens (tertiary/aromatic N) is 2. The van der Waals surface area contributed by atoms with Crippen molar-refractivity contribution in [1.29, 1.82) is 0 Å². The molecule has 2 aromatic heterocycles. The van der Waals surface area contributed by atoms with Crippen LogP contribution in [-0.4, -0.2) is 28.6 Å². The van der Waals surface area contributed by atoms with Gasteiger partial charge in [-0.15, -0.1) is 0 Å². The first-order valence-electron chi connectivity index (χ1n) is 9.39. The Morgan fingerprint density at radius 3 is 2.63 bits per heavy atom. The first-order chi connectivity index (χ1) is 14.4. The quantitative estimate of drug-likeness (QED) is 0.528. The largest absolute Gasteiger partial charge is 0.466 e. The molecule has 0 bridgehead atoms. The second-order valence-electron chi connectivity index (χ2n) is 6.62. The van der Waals surface area contributed by atoms with Gasteiger partial charge in [-0.2, -0.15) is 0 Å². The van der Waals surface area contributed by atoms with Crippen molar-refractivity contribution in [2.75, 3.05) is 6.61 Å². The van der Waals surface area contributed by atoms with Crippen molar-refractivity contribution in [2.45, 2.75) is 25.8 Å². The van der Waals surface area contributed by atoms with E-state index in [-0.39, 0.29) is 29.3 Å². The molecule has 2 N–H and O–H groups in total. The lowest BCUT2D eigenvalue weighted by Crippen LogP contribution is -2.27. The Bertz CT molecular complexity index is 1010. The molecule has 0 saturated heterocycles. The average Bonchev–Trinajstić information content (AvgIpc) is 2.71. The third kappa shape index (κ3) is 5.98. The van der Waals surface area contributed by atoms with Crippen molar-refractivity contribution in [3.05, 3.63) is 71.4 Å². The average molecular weight is 430 g/mol. The van der Waals surface area contributed by atoms with Crippen molar-refractivity contribution in [2.24, 2.45) is 5.73 Å². The fourth-order valence-corrected chi connectivity index (χ4v) is 3.01. The van der Waals surface area contributed by atoms with E-state index in [9.17, 15) is 9.18 Å². The van der Waals surface area contributed by atoms with E-state index in [1.165, 1.54) is 6.20 Å². The Kier molecular flexibility index (Phi) is 7.32. The summed E-state index contributed by atoms with van der Waals surface area (Å²) in [6.45, 7) is 2.10. The minimum absolute atomic E-state index is 0.147. The topological polar surface area (TPSA) is 87.3 Å². The molecule has 0 spiro atoms. The normalized spacial score (nSPS) is 11.7. The van der Waals surface area contributed by atoms with Crippen LogP contribution in [0.25, 0.3) is 11.1 Å². The molecular weight excluding hydrogens is 409 g/mol. The van der Waals surface area contributed by atoms with Gasteiger partial charge >= 0.3 is 5.97 Å². The first kappa shape index (κ1) is 21.7. The van der Waals surface area contributed by atoms with E-state index in [4.69, 9.17) is 26.8 Å². The molecule has 0 radical (unpaired) electrons. The number of rotatable bonds is 8. The van der Waals surface area contributed by atoms with E-state index < -0.39 is 5.82 Å². The van der Waals surface area contributed by atoms with Crippen LogP contribution in [0.15, 0.2) is 55.0 Å². The summed E-state index contributed by atoms with van der Waals surface area (Å²) in [5.74, 6) is -0.654. The van der Waals surface area contributed by atoms with Gasteiger partial charge in [-0.25, -0.2) is 9.37 Å². The number of benzene rings is 1. The lowest BCUT2D eigenvalue weighted by atomic mass is 10.0. The minimum Gasteiger partial charge on any atom is -0.466 e. The molecule has 8 heteroatoms. The Hall–Kier alpha value is -3.03. The number of aromatic nitrogens is 2. The molecule has 6 nitrogen and oxygen atoms in total. The molecular formula is C22H21ClFN3O3. The molecule has 0 saturated carbocycles. The third-order valence-electron chi connectivity index (χ3n) is 4.20. The van der Waals surface area contributed by atoms with Crippen molar-refractivity contribution in [3.8, 4) is 22.8 Å². The van der Waals surface area contributed by atoms with Crippen molar-refractivity contribution >= 4 is 17.6 Å². The Balaban J connectivity index is 1.67. The predicted molar refractivity (Wildman–Crippen MR) is 112 cm³/mol. The maximum absolute atomic E-state index is 13.8. The molecule has 0 fully saturated rings. The molecule has 3 rings (SSSR count). The van der Waals surface area contributed by atoms with Gasteiger partial charge in [-0.05, 0) is 48.7 Å². The van der Waals surface area contributed by atoms with E-state index in [0.29, 0.717) is 18.8 Å². The number of esters is 1. The molecule has 1 aromatic carbocycles. The molecule has 0 aliphatic heterocycles. The van der Waals surface area contributed by atoms with E-state index in [1.807, 2.05) is 18.2 Å². The highest BCUT2D eigenvalue weighted by molar-refractivity contribution is 6.30. The molecule has 30 heavy (non-hydrogen) atoms. The smallest absolute Gasteiger partial charge is 0.307 e. The maximum atomic E-state index is 13.8. The van der Waals surface area contributed by atoms with Gasteiger partial charge in [-0.1, -0.05) is 23.7 Å². The number of halogens is 2. The number of ether oxygens (including phenoxy) is 2. The van der Waals surface area contributed by atoms with E-state index >= 15 is 0 Å². The fraction of sp³-hybridized carbons (Fsp3) is 0.227. The molecule has 156 valence electrons. The third-order valence-corrected chi connectivity index (χ3v) is 4.41. The summed E-state index contributed by atoms with van der Waals surface area (Å²) < 4.78 is 24.2. The molecule has 0 aliphatic carbocycles. The number of nitrogens with two attached hydrogens (primary N) is 1. The molecule has 0 aliphatic rings.